The first kappa shape index (κ1) is 17.4. The fourth-order valence-electron chi connectivity index (χ4n) is 2.20. The molecule has 0 radical (unpaired) electrons. The number of para-hydroxylation sites is 2. The van der Waals surface area contributed by atoms with Crippen molar-refractivity contribution in [1.29, 1.82) is 0 Å². The van der Waals surface area contributed by atoms with E-state index in [1.165, 1.54) is 0 Å². The number of esters is 1. The van der Waals surface area contributed by atoms with Crippen molar-refractivity contribution in [3.63, 3.8) is 0 Å². The Labute approximate surface area is 153 Å². The van der Waals surface area contributed by atoms with Gasteiger partial charge in [0, 0.05) is 6.42 Å². The molecule has 1 amide bonds. The Kier molecular flexibility index (Phi) is 5.63. The van der Waals surface area contributed by atoms with Crippen LogP contribution in [0.5, 0.6) is 0 Å². The second-order valence-electron chi connectivity index (χ2n) is 5.26. The number of hydrogen-bond acceptors (Lipinski definition) is 5. The second kappa shape index (κ2) is 8.09. The van der Waals surface area contributed by atoms with Gasteiger partial charge in [0.25, 0.3) is 5.91 Å². The summed E-state index contributed by atoms with van der Waals surface area (Å²) in [6.45, 7) is -0.343. The van der Waals surface area contributed by atoms with Crippen molar-refractivity contribution < 1.29 is 14.3 Å². The molecule has 0 bridgehead atoms. The molecule has 25 heavy (non-hydrogen) atoms. The molecule has 1 heterocycles. The number of fused-ring (bicyclic) bond motifs is 1. The first-order valence-electron chi connectivity index (χ1n) is 7.66. The zero-order valence-corrected chi connectivity index (χ0v) is 14.8. The minimum absolute atomic E-state index is 0.180. The van der Waals surface area contributed by atoms with Gasteiger partial charge in [-0.05, 0) is 24.3 Å². The Hall–Kier alpha value is -2.44. The number of aromatic nitrogens is 1. The van der Waals surface area contributed by atoms with Crippen LogP contribution in [0, 0.1) is 0 Å². The molecule has 0 fully saturated rings. The van der Waals surface area contributed by atoms with Crippen molar-refractivity contribution in [2.24, 2.45) is 0 Å². The molecule has 5 nitrogen and oxygen atoms in total. The van der Waals surface area contributed by atoms with Gasteiger partial charge in [-0.1, -0.05) is 35.9 Å². The minimum atomic E-state index is -0.437. The number of halogens is 1. The molecule has 3 aromatic rings. The summed E-state index contributed by atoms with van der Waals surface area (Å²) in [5.74, 6) is -0.866. The Bertz CT molecular complexity index is 877. The lowest BCUT2D eigenvalue weighted by Crippen LogP contribution is -2.21. The molecule has 0 aliphatic heterocycles. The molecule has 128 valence electrons. The molecule has 3 rings (SSSR count). The predicted octanol–water partition coefficient (Wildman–Crippen LogP) is 4.06. The molecule has 0 atom stereocenters. The number of thiazole rings is 1. The second-order valence-corrected chi connectivity index (χ2v) is 6.79. The summed E-state index contributed by atoms with van der Waals surface area (Å²) in [5, 5.41) is 3.90. The van der Waals surface area contributed by atoms with Gasteiger partial charge in [0.2, 0.25) is 0 Å². The van der Waals surface area contributed by atoms with Crippen LogP contribution in [0.4, 0.5) is 5.69 Å². The predicted molar refractivity (Wildman–Crippen MR) is 99.0 cm³/mol. The molecule has 0 saturated carbocycles. The lowest BCUT2D eigenvalue weighted by molar-refractivity contribution is -0.147. The molecule has 2 aromatic carbocycles. The van der Waals surface area contributed by atoms with Crippen LogP contribution in [0.1, 0.15) is 11.4 Å². The fraction of sp³-hybridized carbons (Fsp3) is 0.167. The molecule has 0 unspecified atom stereocenters. The molecule has 7 heteroatoms. The summed E-state index contributed by atoms with van der Waals surface area (Å²) in [5.41, 5.74) is 1.41. The van der Waals surface area contributed by atoms with Crippen LogP contribution in [0.15, 0.2) is 48.5 Å². The van der Waals surface area contributed by atoms with Crippen LogP contribution in [0.2, 0.25) is 5.02 Å². The maximum Gasteiger partial charge on any atom is 0.306 e. The third kappa shape index (κ3) is 4.78. The lowest BCUT2D eigenvalue weighted by atomic mass is 10.3. The number of benzene rings is 2. The third-order valence-electron chi connectivity index (χ3n) is 3.39. The summed E-state index contributed by atoms with van der Waals surface area (Å²) >= 11 is 7.51. The normalized spacial score (nSPS) is 10.6. The Morgan fingerprint density at radius 2 is 1.88 bits per heavy atom. The highest BCUT2D eigenvalue weighted by atomic mass is 35.5. The van der Waals surface area contributed by atoms with Gasteiger partial charge in [-0.3, -0.25) is 9.59 Å². The van der Waals surface area contributed by atoms with E-state index in [0.717, 1.165) is 15.2 Å². The first-order chi connectivity index (χ1) is 12.1. The van der Waals surface area contributed by atoms with Gasteiger partial charge in [-0.25, -0.2) is 4.98 Å². The zero-order valence-electron chi connectivity index (χ0n) is 13.2. The largest absolute Gasteiger partial charge is 0.456 e. The van der Waals surface area contributed by atoms with Gasteiger partial charge < -0.3 is 10.1 Å². The molecule has 0 aliphatic rings. The molecule has 1 N–H and O–H groups in total. The number of nitrogens with one attached hydrogen (secondary N) is 1. The van der Waals surface area contributed by atoms with E-state index in [1.54, 1.807) is 35.6 Å². The average molecular weight is 375 g/mol. The summed E-state index contributed by atoms with van der Waals surface area (Å²) in [6, 6.07) is 14.7. The van der Waals surface area contributed by atoms with Crippen molar-refractivity contribution in [1.82, 2.24) is 4.98 Å². The summed E-state index contributed by atoms with van der Waals surface area (Å²) in [7, 11) is 0. The van der Waals surface area contributed by atoms with E-state index in [0.29, 0.717) is 17.1 Å². The van der Waals surface area contributed by atoms with Crippen molar-refractivity contribution in [3.05, 3.63) is 58.6 Å². The highest BCUT2D eigenvalue weighted by molar-refractivity contribution is 7.18. The summed E-state index contributed by atoms with van der Waals surface area (Å²) in [6.07, 6.45) is 0.670. The molecule has 0 aliphatic carbocycles. The lowest BCUT2D eigenvalue weighted by Gasteiger charge is -2.07. The summed E-state index contributed by atoms with van der Waals surface area (Å²) < 4.78 is 6.08. The molecule has 0 spiro atoms. The van der Waals surface area contributed by atoms with Gasteiger partial charge in [0.15, 0.2) is 6.61 Å². The van der Waals surface area contributed by atoms with E-state index in [1.807, 2.05) is 24.3 Å². The maximum absolute atomic E-state index is 11.8. The van der Waals surface area contributed by atoms with Crippen molar-refractivity contribution >= 4 is 50.7 Å². The Morgan fingerprint density at radius 3 is 2.68 bits per heavy atom. The number of rotatable bonds is 6. The Morgan fingerprint density at radius 1 is 1.12 bits per heavy atom. The van der Waals surface area contributed by atoms with Crippen LogP contribution in [-0.2, 0) is 20.7 Å². The van der Waals surface area contributed by atoms with Crippen molar-refractivity contribution in [2.75, 3.05) is 11.9 Å². The zero-order chi connectivity index (χ0) is 17.6. The number of carbonyl (C=O) groups is 2. The topological polar surface area (TPSA) is 68.3 Å². The molecule has 0 saturated heterocycles. The molecular formula is C18H15ClN2O3S. The Balaban J connectivity index is 1.44. The van der Waals surface area contributed by atoms with Gasteiger partial charge in [-0.2, -0.15) is 0 Å². The standard InChI is InChI=1S/C18H15ClN2O3S/c19-12-5-1-2-6-13(12)20-16(22)11-24-18(23)10-9-17-21-14-7-3-4-8-15(14)25-17/h1-8H,9-11H2,(H,20,22). The van der Waals surface area contributed by atoms with E-state index >= 15 is 0 Å². The quantitative estimate of drug-likeness (QED) is 0.660. The van der Waals surface area contributed by atoms with Crippen molar-refractivity contribution in [2.45, 2.75) is 12.8 Å². The number of anilines is 1. The third-order valence-corrected chi connectivity index (χ3v) is 4.82. The molecule has 1 aromatic heterocycles. The summed E-state index contributed by atoms with van der Waals surface area (Å²) in [4.78, 5) is 28.1. The fourth-order valence-corrected chi connectivity index (χ4v) is 3.35. The van der Waals surface area contributed by atoms with E-state index in [9.17, 15) is 9.59 Å². The number of nitrogens with zero attached hydrogens (tertiary/aromatic N) is 1. The van der Waals surface area contributed by atoms with Crippen LogP contribution in [0.3, 0.4) is 0 Å². The van der Waals surface area contributed by atoms with Crippen LogP contribution >= 0.6 is 22.9 Å². The number of ether oxygens (including phenoxy) is 1. The minimum Gasteiger partial charge on any atom is -0.456 e. The highest BCUT2D eigenvalue weighted by Gasteiger charge is 2.11. The average Bonchev–Trinajstić information content (AvgIpc) is 3.03. The number of amides is 1. The van der Waals surface area contributed by atoms with Crippen LogP contribution in [0.25, 0.3) is 10.2 Å². The van der Waals surface area contributed by atoms with Gasteiger partial charge in [0.1, 0.15) is 0 Å². The monoisotopic (exact) mass is 374 g/mol. The SMILES string of the molecule is O=C(COC(=O)CCc1nc2ccccc2s1)Nc1ccccc1Cl. The first-order valence-corrected chi connectivity index (χ1v) is 8.86. The van der Waals surface area contributed by atoms with E-state index in [-0.39, 0.29) is 13.0 Å². The maximum atomic E-state index is 11.8. The van der Waals surface area contributed by atoms with E-state index < -0.39 is 11.9 Å². The van der Waals surface area contributed by atoms with Gasteiger partial charge in [-0.15, -0.1) is 11.3 Å². The highest BCUT2D eigenvalue weighted by Crippen LogP contribution is 2.22. The van der Waals surface area contributed by atoms with E-state index in [4.69, 9.17) is 16.3 Å². The van der Waals surface area contributed by atoms with Crippen LogP contribution < -0.4 is 5.32 Å². The van der Waals surface area contributed by atoms with Crippen molar-refractivity contribution in [3.8, 4) is 0 Å². The van der Waals surface area contributed by atoms with Gasteiger partial charge in [0.05, 0.1) is 32.4 Å². The smallest absolute Gasteiger partial charge is 0.306 e. The van der Waals surface area contributed by atoms with Gasteiger partial charge >= 0.3 is 5.97 Å². The number of hydrogen-bond donors (Lipinski definition) is 1. The molecular weight excluding hydrogens is 360 g/mol. The van der Waals surface area contributed by atoms with Crippen LogP contribution in [-0.4, -0.2) is 23.5 Å². The van der Waals surface area contributed by atoms with E-state index in [2.05, 4.69) is 10.3 Å². The number of carbonyl (C=O) groups excluding carboxylic acids is 2. The number of aryl methyl sites for hydroxylation is 1.